The molecule has 0 saturated carbocycles. The number of aliphatic hydroxyl groups excluding tert-OH is 1. The molecule has 0 atom stereocenters. The van der Waals surface area contributed by atoms with Crippen LogP contribution in [0, 0.1) is 0 Å². The van der Waals surface area contributed by atoms with E-state index in [1.165, 1.54) is 77.0 Å². The van der Waals surface area contributed by atoms with Crippen LogP contribution in [-0.2, 0) is 9.53 Å². The minimum absolute atomic E-state index is 0.148. The molecule has 0 amide bonds. The number of aliphatic hydroxyl groups is 1. The van der Waals surface area contributed by atoms with Crippen LogP contribution in [0.1, 0.15) is 103 Å². The van der Waals surface area contributed by atoms with E-state index in [1.54, 1.807) is 0 Å². The van der Waals surface area contributed by atoms with Crippen LogP contribution in [-0.4, -0.2) is 29.6 Å². The summed E-state index contributed by atoms with van der Waals surface area (Å²) in [4.78, 5) is 10.4. The second-order valence-corrected chi connectivity index (χ2v) is 6.48. The van der Waals surface area contributed by atoms with E-state index in [1.807, 2.05) is 0 Å². The maximum Gasteiger partial charge on any atom is 0.303 e. The molecular weight excluding hydrogens is 292 g/mol. The van der Waals surface area contributed by atoms with Crippen molar-refractivity contribution in [3.8, 4) is 0 Å². The SMILES string of the molecule is O=C(O)CCCCCCCCCCCCCCCCCOCO. The quantitative estimate of drug-likeness (QED) is 0.250. The zero-order chi connectivity index (χ0) is 17.0. The minimum Gasteiger partial charge on any atom is -0.481 e. The summed E-state index contributed by atoms with van der Waals surface area (Å²) in [6.45, 7) is 0.542. The summed E-state index contributed by atoms with van der Waals surface area (Å²) >= 11 is 0. The Balaban J connectivity index is 2.96. The normalized spacial score (nSPS) is 11.0. The lowest BCUT2D eigenvalue weighted by atomic mass is 10.0. The highest BCUT2D eigenvalue weighted by Gasteiger charge is 1.97. The maximum absolute atomic E-state index is 10.4. The smallest absolute Gasteiger partial charge is 0.303 e. The van der Waals surface area contributed by atoms with Crippen molar-refractivity contribution < 1.29 is 19.7 Å². The van der Waals surface area contributed by atoms with Gasteiger partial charge in [-0.15, -0.1) is 0 Å². The van der Waals surface area contributed by atoms with Gasteiger partial charge in [0.1, 0.15) is 6.79 Å². The van der Waals surface area contributed by atoms with Crippen molar-refractivity contribution in [2.75, 3.05) is 13.4 Å². The standard InChI is InChI=1S/C19H38O4/c20-18-23-17-15-13-11-9-7-5-3-1-2-4-6-8-10-12-14-16-19(21)22/h20H,1-18H2,(H,21,22). The first-order chi connectivity index (χ1) is 11.3. The van der Waals surface area contributed by atoms with E-state index in [2.05, 4.69) is 0 Å². The van der Waals surface area contributed by atoms with Gasteiger partial charge in [-0.3, -0.25) is 4.79 Å². The summed E-state index contributed by atoms with van der Waals surface area (Å²) in [5, 5.41) is 17.0. The van der Waals surface area contributed by atoms with Gasteiger partial charge in [-0.05, 0) is 12.8 Å². The third kappa shape index (κ3) is 21.4. The van der Waals surface area contributed by atoms with Gasteiger partial charge >= 0.3 is 5.97 Å². The van der Waals surface area contributed by atoms with Crippen molar-refractivity contribution in [2.24, 2.45) is 0 Å². The summed E-state index contributed by atoms with van der Waals surface area (Å²) in [5.41, 5.74) is 0. The van der Waals surface area contributed by atoms with Crippen LogP contribution in [0.15, 0.2) is 0 Å². The lowest BCUT2D eigenvalue weighted by Gasteiger charge is -2.03. The summed E-state index contributed by atoms with van der Waals surface area (Å²) < 4.78 is 4.89. The van der Waals surface area contributed by atoms with E-state index in [4.69, 9.17) is 14.9 Å². The van der Waals surface area contributed by atoms with Crippen LogP contribution in [0.4, 0.5) is 0 Å². The Hall–Kier alpha value is -0.610. The molecule has 0 aromatic heterocycles. The molecule has 0 aliphatic heterocycles. The molecule has 0 aromatic rings. The lowest BCUT2D eigenvalue weighted by Crippen LogP contribution is -1.95. The second kappa shape index (κ2) is 19.4. The molecule has 0 fully saturated rings. The summed E-state index contributed by atoms with van der Waals surface area (Å²) in [7, 11) is 0. The first-order valence-corrected chi connectivity index (χ1v) is 9.67. The predicted molar refractivity (Wildman–Crippen MR) is 94.5 cm³/mol. The number of rotatable bonds is 19. The number of ether oxygens (including phenoxy) is 1. The van der Waals surface area contributed by atoms with Crippen molar-refractivity contribution in [3.63, 3.8) is 0 Å². The number of carboxylic acid groups (broad SMARTS) is 1. The van der Waals surface area contributed by atoms with E-state index in [9.17, 15) is 4.79 Å². The van der Waals surface area contributed by atoms with Gasteiger partial charge in [0, 0.05) is 13.0 Å². The zero-order valence-corrected chi connectivity index (χ0v) is 14.9. The fourth-order valence-electron chi connectivity index (χ4n) is 2.84. The van der Waals surface area contributed by atoms with Gasteiger partial charge in [0.05, 0.1) is 0 Å². The molecule has 4 nitrogen and oxygen atoms in total. The highest BCUT2D eigenvalue weighted by molar-refractivity contribution is 5.66. The van der Waals surface area contributed by atoms with Crippen LogP contribution >= 0.6 is 0 Å². The Morgan fingerprint density at radius 3 is 1.30 bits per heavy atom. The fraction of sp³-hybridized carbons (Fsp3) is 0.947. The van der Waals surface area contributed by atoms with Crippen molar-refractivity contribution in [2.45, 2.75) is 103 Å². The van der Waals surface area contributed by atoms with Gasteiger partial charge in [-0.2, -0.15) is 0 Å². The van der Waals surface area contributed by atoms with Gasteiger partial charge in [-0.1, -0.05) is 83.5 Å². The summed E-state index contributed by atoms with van der Waals surface area (Å²) in [6.07, 6.45) is 19.0. The lowest BCUT2D eigenvalue weighted by molar-refractivity contribution is -0.137. The van der Waals surface area contributed by atoms with E-state index < -0.39 is 5.97 Å². The van der Waals surface area contributed by atoms with Crippen LogP contribution in [0.5, 0.6) is 0 Å². The Bertz CT molecular complexity index is 244. The van der Waals surface area contributed by atoms with Crippen LogP contribution in [0.25, 0.3) is 0 Å². The van der Waals surface area contributed by atoms with E-state index in [0.29, 0.717) is 13.0 Å². The van der Waals surface area contributed by atoms with Crippen molar-refractivity contribution >= 4 is 5.97 Å². The average Bonchev–Trinajstić information content (AvgIpc) is 2.53. The molecule has 0 radical (unpaired) electrons. The van der Waals surface area contributed by atoms with Crippen LogP contribution in [0.3, 0.4) is 0 Å². The topological polar surface area (TPSA) is 66.8 Å². The summed E-state index contributed by atoms with van der Waals surface area (Å²) in [6, 6.07) is 0. The number of carbonyl (C=O) groups is 1. The number of unbranched alkanes of at least 4 members (excludes halogenated alkanes) is 14. The highest BCUT2D eigenvalue weighted by atomic mass is 16.6. The molecular formula is C19H38O4. The molecule has 0 aliphatic carbocycles. The number of aliphatic carboxylic acids is 1. The summed E-state index contributed by atoms with van der Waals surface area (Å²) in [5.74, 6) is -0.666. The monoisotopic (exact) mass is 330 g/mol. The molecule has 138 valence electrons. The molecule has 0 rings (SSSR count). The highest BCUT2D eigenvalue weighted by Crippen LogP contribution is 2.13. The van der Waals surface area contributed by atoms with Gasteiger partial charge in [0.15, 0.2) is 0 Å². The Morgan fingerprint density at radius 1 is 0.609 bits per heavy atom. The third-order valence-electron chi connectivity index (χ3n) is 4.27. The minimum atomic E-state index is -0.666. The zero-order valence-electron chi connectivity index (χ0n) is 14.9. The average molecular weight is 331 g/mol. The molecule has 0 aliphatic rings. The van der Waals surface area contributed by atoms with Crippen molar-refractivity contribution in [3.05, 3.63) is 0 Å². The first-order valence-electron chi connectivity index (χ1n) is 9.67. The Labute approximate surface area is 142 Å². The van der Waals surface area contributed by atoms with Gasteiger partial charge in [0.25, 0.3) is 0 Å². The van der Waals surface area contributed by atoms with Crippen molar-refractivity contribution in [1.29, 1.82) is 0 Å². The fourth-order valence-corrected chi connectivity index (χ4v) is 2.84. The molecule has 2 N–H and O–H groups in total. The van der Waals surface area contributed by atoms with Gasteiger partial charge in [0.2, 0.25) is 0 Å². The number of hydrogen-bond donors (Lipinski definition) is 2. The van der Waals surface area contributed by atoms with E-state index in [-0.39, 0.29) is 6.79 Å². The third-order valence-corrected chi connectivity index (χ3v) is 4.27. The molecule has 23 heavy (non-hydrogen) atoms. The van der Waals surface area contributed by atoms with Crippen LogP contribution < -0.4 is 0 Å². The molecule has 4 heteroatoms. The molecule has 0 bridgehead atoms. The molecule has 0 aromatic carbocycles. The predicted octanol–water partition coefficient (Wildman–Crippen LogP) is 5.28. The first kappa shape index (κ1) is 22.4. The van der Waals surface area contributed by atoms with E-state index in [0.717, 1.165) is 19.3 Å². The van der Waals surface area contributed by atoms with Gasteiger partial charge in [-0.25, -0.2) is 0 Å². The van der Waals surface area contributed by atoms with Crippen molar-refractivity contribution in [1.82, 2.24) is 0 Å². The maximum atomic E-state index is 10.4. The van der Waals surface area contributed by atoms with E-state index >= 15 is 0 Å². The van der Waals surface area contributed by atoms with Gasteiger partial charge < -0.3 is 14.9 Å². The molecule has 0 heterocycles. The number of hydrogen-bond acceptors (Lipinski definition) is 3. The molecule has 0 unspecified atom stereocenters. The molecule has 0 saturated heterocycles. The Morgan fingerprint density at radius 2 is 0.957 bits per heavy atom. The largest absolute Gasteiger partial charge is 0.481 e. The second-order valence-electron chi connectivity index (χ2n) is 6.48. The number of carboxylic acids is 1. The van der Waals surface area contributed by atoms with Crippen LogP contribution in [0.2, 0.25) is 0 Å². The molecule has 0 spiro atoms. The Kier molecular flexibility index (Phi) is 18.9.